The number of aromatic nitrogens is 2. The third-order valence-electron chi connectivity index (χ3n) is 3.72. The number of rotatable bonds is 9. The van der Waals surface area contributed by atoms with Gasteiger partial charge >= 0.3 is 12.1 Å². The maximum absolute atomic E-state index is 13.1. The first-order valence-corrected chi connectivity index (χ1v) is 7.97. The van der Waals surface area contributed by atoms with Crippen molar-refractivity contribution in [2.75, 3.05) is 25.1 Å². The van der Waals surface area contributed by atoms with E-state index in [1.54, 1.807) is 12.0 Å². The number of carbonyl (C=O) groups excluding carboxylic acids is 1. The number of hydrogen-bond acceptors (Lipinski definition) is 6. The predicted octanol–water partition coefficient (Wildman–Crippen LogP) is 1.95. The smallest absolute Gasteiger partial charge is 0.423 e. The Balaban J connectivity index is 1.98. The number of ether oxygens (including phenoxy) is 2. The van der Waals surface area contributed by atoms with Crippen molar-refractivity contribution in [1.82, 2.24) is 10.2 Å². The number of nitrogens with one attached hydrogen (secondary N) is 2. The molecule has 0 radical (unpaired) electrons. The van der Waals surface area contributed by atoms with Crippen LogP contribution in [-0.4, -0.2) is 42.0 Å². The first kappa shape index (κ1) is 19.2. The van der Waals surface area contributed by atoms with Crippen LogP contribution in [-0.2, 0) is 20.4 Å². The van der Waals surface area contributed by atoms with Gasteiger partial charge < -0.3 is 14.8 Å². The summed E-state index contributed by atoms with van der Waals surface area (Å²) in [6, 6.07) is -0.396. The molecular formula is C15H20F3N3O4. The van der Waals surface area contributed by atoms with E-state index in [1.165, 1.54) is 0 Å². The third kappa shape index (κ3) is 5.73. The number of esters is 1. The van der Waals surface area contributed by atoms with Crippen LogP contribution in [0.25, 0.3) is 0 Å². The summed E-state index contributed by atoms with van der Waals surface area (Å²) >= 11 is 0. The molecule has 1 aliphatic rings. The van der Waals surface area contributed by atoms with E-state index in [-0.39, 0.29) is 37.8 Å². The van der Waals surface area contributed by atoms with Gasteiger partial charge in [0.15, 0.2) is 0 Å². The molecule has 1 aromatic rings. The van der Waals surface area contributed by atoms with E-state index >= 15 is 0 Å². The van der Waals surface area contributed by atoms with Gasteiger partial charge in [0.05, 0.1) is 44.2 Å². The monoisotopic (exact) mass is 363 g/mol. The van der Waals surface area contributed by atoms with Crippen molar-refractivity contribution in [1.29, 1.82) is 0 Å². The summed E-state index contributed by atoms with van der Waals surface area (Å²) in [6.07, 6.45) is -2.06. The quantitative estimate of drug-likeness (QED) is 0.515. The van der Waals surface area contributed by atoms with Crippen molar-refractivity contribution < 1.29 is 27.4 Å². The van der Waals surface area contributed by atoms with Gasteiger partial charge in [-0.25, -0.2) is 5.10 Å². The van der Waals surface area contributed by atoms with Gasteiger partial charge in [-0.1, -0.05) is 0 Å². The Morgan fingerprint density at radius 2 is 2.20 bits per heavy atom. The number of halogens is 3. The molecular weight excluding hydrogens is 343 g/mol. The van der Waals surface area contributed by atoms with Crippen LogP contribution in [0.3, 0.4) is 0 Å². The molecule has 0 spiro atoms. The number of nitrogens with zero attached hydrogens (tertiary/aromatic N) is 1. The fraction of sp³-hybridized carbons (Fsp3) is 0.667. The van der Waals surface area contributed by atoms with E-state index in [1.807, 2.05) is 0 Å². The van der Waals surface area contributed by atoms with E-state index in [9.17, 15) is 22.8 Å². The number of anilines is 1. The Labute approximate surface area is 141 Å². The maximum atomic E-state index is 13.1. The average Bonchev–Trinajstić information content (AvgIpc) is 3.34. The van der Waals surface area contributed by atoms with E-state index in [0.717, 1.165) is 19.0 Å². The third-order valence-corrected chi connectivity index (χ3v) is 3.72. The molecule has 1 atom stereocenters. The van der Waals surface area contributed by atoms with E-state index in [2.05, 4.69) is 10.4 Å². The molecule has 1 fully saturated rings. The Hall–Kier alpha value is -2.10. The normalized spacial score (nSPS) is 15.7. The van der Waals surface area contributed by atoms with Crippen molar-refractivity contribution in [3.8, 4) is 0 Å². The molecule has 2 N–H and O–H groups in total. The van der Waals surface area contributed by atoms with E-state index < -0.39 is 29.3 Å². The van der Waals surface area contributed by atoms with Gasteiger partial charge in [0, 0.05) is 0 Å². The van der Waals surface area contributed by atoms with E-state index in [4.69, 9.17) is 9.47 Å². The maximum Gasteiger partial charge on any atom is 0.423 e. The van der Waals surface area contributed by atoms with Crippen molar-refractivity contribution in [3.05, 3.63) is 22.1 Å². The molecule has 0 saturated heterocycles. The van der Waals surface area contributed by atoms with E-state index in [0.29, 0.717) is 0 Å². The second-order valence-electron chi connectivity index (χ2n) is 5.70. The molecule has 1 saturated carbocycles. The summed E-state index contributed by atoms with van der Waals surface area (Å²) in [5, 5.41) is 7.95. The van der Waals surface area contributed by atoms with Crippen molar-refractivity contribution in [2.24, 2.45) is 5.92 Å². The molecule has 1 aliphatic carbocycles. The summed E-state index contributed by atoms with van der Waals surface area (Å²) in [4.78, 5) is 22.7. The molecule has 1 unspecified atom stereocenters. The van der Waals surface area contributed by atoms with Gasteiger partial charge in [0.25, 0.3) is 5.56 Å². The van der Waals surface area contributed by atoms with Crippen LogP contribution >= 0.6 is 0 Å². The number of aromatic amines is 1. The Bertz CT molecular complexity index is 644. The zero-order valence-corrected chi connectivity index (χ0v) is 13.7. The van der Waals surface area contributed by atoms with Crippen LogP contribution in [0.2, 0.25) is 0 Å². The molecule has 7 nitrogen and oxygen atoms in total. The second kappa shape index (κ2) is 8.32. The lowest BCUT2D eigenvalue weighted by Gasteiger charge is -2.21. The van der Waals surface area contributed by atoms with Gasteiger partial charge in [0.1, 0.15) is 5.56 Å². The number of H-pyrrole nitrogens is 1. The average molecular weight is 363 g/mol. The number of hydrogen-bond donors (Lipinski definition) is 2. The van der Waals surface area contributed by atoms with Gasteiger partial charge in [-0.05, 0) is 25.7 Å². The summed E-state index contributed by atoms with van der Waals surface area (Å²) in [5.41, 5.74) is -2.97. The minimum absolute atomic E-state index is 0.0750. The molecule has 0 aromatic carbocycles. The second-order valence-corrected chi connectivity index (χ2v) is 5.70. The molecule has 1 heterocycles. The van der Waals surface area contributed by atoms with Crippen LogP contribution in [0, 0.1) is 5.92 Å². The van der Waals surface area contributed by atoms with Crippen LogP contribution in [0.1, 0.15) is 31.7 Å². The lowest BCUT2D eigenvalue weighted by Crippen LogP contribution is -2.32. The summed E-state index contributed by atoms with van der Waals surface area (Å²) in [7, 11) is 0. The topological polar surface area (TPSA) is 93.3 Å². The van der Waals surface area contributed by atoms with Gasteiger partial charge in [0.2, 0.25) is 0 Å². The van der Waals surface area contributed by atoms with Crippen molar-refractivity contribution in [2.45, 2.75) is 38.4 Å². The standard InChI is InChI=1S/C15H20F3N3O4/c1-2-25-12(22)5-6-24-8-11(9-3-4-9)20-10-7-19-21-14(23)13(10)15(16,17)18/h7,9,11H,2-6,8H2,1H3,(H2,20,21,23). The number of alkyl halides is 3. The molecule has 1 aromatic heterocycles. The Kier molecular flexibility index (Phi) is 6.40. The molecule has 0 amide bonds. The molecule has 2 rings (SSSR count). The summed E-state index contributed by atoms with van der Waals surface area (Å²) < 4.78 is 49.4. The number of carbonyl (C=O) groups is 1. The van der Waals surface area contributed by atoms with Crippen LogP contribution in [0.5, 0.6) is 0 Å². The van der Waals surface area contributed by atoms with Crippen molar-refractivity contribution in [3.63, 3.8) is 0 Å². The highest BCUT2D eigenvalue weighted by molar-refractivity contribution is 5.69. The SMILES string of the molecule is CCOC(=O)CCOCC(Nc1cn[nH]c(=O)c1C(F)(F)F)C1CC1. The van der Waals surface area contributed by atoms with Crippen molar-refractivity contribution >= 4 is 11.7 Å². The van der Waals surface area contributed by atoms with Gasteiger partial charge in [-0.3, -0.25) is 9.59 Å². The van der Waals surface area contributed by atoms with Crippen LogP contribution in [0.4, 0.5) is 18.9 Å². The highest BCUT2D eigenvalue weighted by Gasteiger charge is 2.39. The molecule has 25 heavy (non-hydrogen) atoms. The molecule has 0 aliphatic heterocycles. The fourth-order valence-electron chi connectivity index (χ4n) is 2.38. The zero-order chi connectivity index (χ0) is 18.4. The minimum Gasteiger partial charge on any atom is -0.466 e. The highest BCUT2D eigenvalue weighted by atomic mass is 19.4. The van der Waals surface area contributed by atoms with Gasteiger partial charge in [-0.2, -0.15) is 18.3 Å². The first-order valence-electron chi connectivity index (χ1n) is 7.97. The Morgan fingerprint density at radius 1 is 1.48 bits per heavy atom. The molecule has 10 heteroatoms. The molecule has 0 bridgehead atoms. The Morgan fingerprint density at radius 3 is 2.80 bits per heavy atom. The van der Waals surface area contributed by atoms with Gasteiger partial charge in [-0.15, -0.1) is 0 Å². The summed E-state index contributed by atoms with van der Waals surface area (Å²) in [6.45, 7) is 2.21. The lowest BCUT2D eigenvalue weighted by molar-refractivity contribution is -0.144. The highest BCUT2D eigenvalue weighted by Crippen LogP contribution is 2.37. The zero-order valence-electron chi connectivity index (χ0n) is 13.7. The fourth-order valence-corrected chi connectivity index (χ4v) is 2.38. The first-order chi connectivity index (χ1) is 11.8. The minimum atomic E-state index is -4.79. The summed E-state index contributed by atoms with van der Waals surface area (Å²) in [5.74, 6) is -0.237. The van der Waals surface area contributed by atoms with Crippen LogP contribution in [0.15, 0.2) is 11.0 Å². The van der Waals surface area contributed by atoms with Crippen LogP contribution < -0.4 is 10.9 Å². The predicted molar refractivity (Wildman–Crippen MR) is 82.1 cm³/mol. The molecule has 140 valence electrons. The largest absolute Gasteiger partial charge is 0.466 e. The lowest BCUT2D eigenvalue weighted by atomic mass is 10.1.